The van der Waals surface area contributed by atoms with Crippen molar-refractivity contribution in [1.29, 1.82) is 0 Å². The molecule has 3 saturated carbocycles. The molecule has 198 valence electrons. The number of fused-ring (bicyclic) bond motifs is 1. The van der Waals surface area contributed by atoms with Crippen molar-refractivity contribution in [3.63, 3.8) is 0 Å². The Kier molecular flexibility index (Phi) is 8.01. The Balaban J connectivity index is 1.45. The molecule has 3 aliphatic carbocycles. The number of piperidine rings is 1. The maximum absolute atomic E-state index is 14.0. The number of halogens is 2. The number of allylic oxidation sites excluding steroid dienone is 3. The zero-order valence-corrected chi connectivity index (χ0v) is 22.3. The van der Waals surface area contributed by atoms with Gasteiger partial charge >= 0.3 is 0 Å². The standard InChI is InChI=1S/C30H47F2NO2/c1-19(17-33-15-7-9-24(18-33)30(5,31)32)25-12-13-26-22(8-6-14-29(25,26)4)10-11-23-16-27(34)21(3)28(35)20(23)2/h10-11,19,21,24-28,34-35H,2,6-9,12-18H2,1,3-5H3/b22-10+,23-11-/t19?,21-,24-,25+,26-,27+,28+,29+/m0/s1. The monoisotopic (exact) mass is 491 g/mol. The van der Waals surface area contributed by atoms with Gasteiger partial charge in [0.15, 0.2) is 0 Å². The normalized spacial score (nSPS) is 42.5. The lowest BCUT2D eigenvalue weighted by Gasteiger charge is -2.46. The maximum Gasteiger partial charge on any atom is 0.249 e. The number of rotatable bonds is 5. The highest BCUT2D eigenvalue weighted by atomic mass is 19.3. The van der Waals surface area contributed by atoms with E-state index in [1.807, 2.05) is 6.92 Å². The van der Waals surface area contributed by atoms with E-state index in [1.54, 1.807) is 0 Å². The van der Waals surface area contributed by atoms with Crippen molar-refractivity contribution >= 4 is 0 Å². The van der Waals surface area contributed by atoms with Crippen LogP contribution in [0.5, 0.6) is 0 Å². The van der Waals surface area contributed by atoms with Crippen molar-refractivity contribution in [2.45, 2.75) is 97.2 Å². The first-order valence-electron chi connectivity index (χ1n) is 14.0. The third-order valence-electron chi connectivity index (χ3n) is 10.3. The van der Waals surface area contributed by atoms with Gasteiger partial charge in [-0.25, -0.2) is 8.78 Å². The highest BCUT2D eigenvalue weighted by Gasteiger charge is 2.51. The van der Waals surface area contributed by atoms with E-state index in [0.29, 0.717) is 37.1 Å². The van der Waals surface area contributed by atoms with Crippen LogP contribution >= 0.6 is 0 Å². The lowest BCUT2D eigenvalue weighted by Crippen LogP contribution is -2.46. The Hall–Kier alpha value is -1.04. The molecule has 1 aliphatic heterocycles. The molecule has 1 heterocycles. The van der Waals surface area contributed by atoms with Crippen molar-refractivity contribution in [3.8, 4) is 0 Å². The summed E-state index contributed by atoms with van der Waals surface area (Å²) in [5.41, 5.74) is 3.47. The molecular formula is C30H47F2NO2. The van der Waals surface area contributed by atoms with E-state index >= 15 is 0 Å². The van der Waals surface area contributed by atoms with Crippen LogP contribution in [0.4, 0.5) is 8.78 Å². The molecule has 4 fully saturated rings. The molecule has 5 heteroatoms. The first-order valence-corrected chi connectivity index (χ1v) is 14.0. The lowest BCUT2D eigenvalue weighted by molar-refractivity contribution is -0.0695. The summed E-state index contributed by atoms with van der Waals surface area (Å²) in [6.07, 6.45) is 11.2. The minimum absolute atomic E-state index is 0.180. The zero-order valence-electron chi connectivity index (χ0n) is 22.3. The van der Waals surface area contributed by atoms with Crippen molar-refractivity contribution in [2.75, 3.05) is 19.6 Å². The second-order valence-corrected chi connectivity index (χ2v) is 12.7. The van der Waals surface area contributed by atoms with Gasteiger partial charge in [0.05, 0.1) is 12.2 Å². The number of hydrogen-bond donors (Lipinski definition) is 2. The van der Waals surface area contributed by atoms with Gasteiger partial charge in [-0.15, -0.1) is 0 Å². The number of likely N-dealkylation sites (tertiary alicyclic amines) is 1. The summed E-state index contributed by atoms with van der Waals surface area (Å²) < 4.78 is 27.9. The van der Waals surface area contributed by atoms with Crippen molar-refractivity contribution in [1.82, 2.24) is 4.90 Å². The average Bonchev–Trinajstić information content (AvgIpc) is 3.16. The van der Waals surface area contributed by atoms with Gasteiger partial charge in [-0.05, 0) is 99.1 Å². The van der Waals surface area contributed by atoms with Crippen molar-refractivity contribution in [3.05, 3.63) is 35.5 Å². The molecule has 0 aromatic heterocycles. The van der Waals surface area contributed by atoms with E-state index in [1.165, 1.54) is 31.3 Å². The van der Waals surface area contributed by atoms with Crippen LogP contribution < -0.4 is 0 Å². The van der Waals surface area contributed by atoms with E-state index in [0.717, 1.165) is 44.0 Å². The van der Waals surface area contributed by atoms with Gasteiger partial charge in [-0.3, -0.25) is 0 Å². The summed E-state index contributed by atoms with van der Waals surface area (Å²) in [6, 6.07) is 0. The molecule has 0 amide bonds. The molecular weight excluding hydrogens is 444 g/mol. The van der Waals surface area contributed by atoms with Gasteiger partial charge in [0.1, 0.15) is 0 Å². The summed E-state index contributed by atoms with van der Waals surface area (Å²) in [4.78, 5) is 2.31. The van der Waals surface area contributed by atoms with Gasteiger partial charge in [-0.2, -0.15) is 0 Å². The first-order chi connectivity index (χ1) is 16.4. The molecule has 3 nitrogen and oxygen atoms in total. The number of hydrogen-bond acceptors (Lipinski definition) is 3. The second-order valence-electron chi connectivity index (χ2n) is 12.7. The SMILES string of the molecule is C=C1/C(=C\C=C2/CCC[C@]3(C)[C@@H](C(C)CN4CCC[C@H](C(C)(F)F)C4)CC[C@@H]23)C[C@@H](O)[C@H](C)[C@@H]1O. The Morgan fingerprint density at radius 1 is 1.20 bits per heavy atom. The van der Waals surface area contributed by atoms with Crippen LogP contribution in [0.1, 0.15) is 79.1 Å². The summed E-state index contributed by atoms with van der Waals surface area (Å²) in [5, 5.41) is 20.8. The van der Waals surface area contributed by atoms with Gasteiger partial charge in [-0.1, -0.05) is 45.1 Å². The third-order valence-corrected chi connectivity index (χ3v) is 10.3. The number of aliphatic hydroxyl groups excluding tert-OH is 2. The molecule has 8 atom stereocenters. The summed E-state index contributed by atoms with van der Waals surface area (Å²) in [6.45, 7) is 14.3. The predicted octanol–water partition coefficient (Wildman–Crippen LogP) is 6.38. The molecule has 0 spiro atoms. The molecule has 1 saturated heterocycles. The predicted molar refractivity (Wildman–Crippen MR) is 138 cm³/mol. The minimum atomic E-state index is -2.59. The average molecular weight is 492 g/mol. The molecule has 0 aromatic carbocycles. The third kappa shape index (κ3) is 5.48. The molecule has 0 aromatic rings. The largest absolute Gasteiger partial charge is 0.392 e. The smallest absolute Gasteiger partial charge is 0.249 e. The van der Waals surface area contributed by atoms with Crippen LogP contribution in [0.2, 0.25) is 0 Å². The maximum atomic E-state index is 14.0. The van der Waals surface area contributed by atoms with Gasteiger partial charge < -0.3 is 15.1 Å². The topological polar surface area (TPSA) is 43.7 Å². The number of aliphatic hydroxyl groups is 2. The highest BCUT2D eigenvalue weighted by Crippen LogP contribution is 2.59. The van der Waals surface area contributed by atoms with E-state index < -0.39 is 24.0 Å². The molecule has 1 unspecified atom stereocenters. The Morgan fingerprint density at radius 2 is 1.94 bits per heavy atom. The Bertz CT molecular complexity index is 846. The second kappa shape index (κ2) is 10.4. The summed E-state index contributed by atoms with van der Waals surface area (Å²) >= 11 is 0. The van der Waals surface area contributed by atoms with Gasteiger partial charge in [0.2, 0.25) is 5.92 Å². The summed E-state index contributed by atoms with van der Waals surface area (Å²) in [7, 11) is 0. The van der Waals surface area contributed by atoms with E-state index in [4.69, 9.17) is 0 Å². The van der Waals surface area contributed by atoms with Crippen LogP contribution in [0.3, 0.4) is 0 Å². The van der Waals surface area contributed by atoms with Gasteiger partial charge in [0, 0.05) is 24.9 Å². The number of alkyl halides is 2. The summed E-state index contributed by atoms with van der Waals surface area (Å²) in [5.74, 6) is -1.61. The van der Waals surface area contributed by atoms with E-state index in [9.17, 15) is 19.0 Å². The Labute approximate surface area is 211 Å². The zero-order chi connectivity index (χ0) is 25.5. The van der Waals surface area contributed by atoms with E-state index in [2.05, 4.69) is 37.5 Å². The highest BCUT2D eigenvalue weighted by molar-refractivity contribution is 5.39. The minimum Gasteiger partial charge on any atom is -0.392 e. The number of nitrogens with zero attached hydrogens (tertiary/aromatic N) is 1. The van der Waals surface area contributed by atoms with Crippen LogP contribution in [0.25, 0.3) is 0 Å². The molecule has 2 N–H and O–H groups in total. The molecule has 4 rings (SSSR count). The molecule has 35 heavy (non-hydrogen) atoms. The molecule has 0 bridgehead atoms. The first kappa shape index (κ1) is 27.0. The molecule has 4 aliphatic rings. The van der Waals surface area contributed by atoms with Crippen molar-refractivity contribution < 1.29 is 19.0 Å². The van der Waals surface area contributed by atoms with Crippen LogP contribution in [0, 0.1) is 35.0 Å². The van der Waals surface area contributed by atoms with Crippen LogP contribution in [-0.4, -0.2) is 52.9 Å². The van der Waals surface area contributed by atoms with Crippen LogP contribution in [-0.2, 0) is 0 Å². The Morgan fingerprint density at radius 3 is 2.66 bits per heavy atom. The molecule has 0 radical (unpaired) electrons. The van der Waals surface area contributed by atoms with Crippen molar-refractivity contribution in [2.24, 2.45) is 35.0 Å². The fourth-order valence-electron chi connectivity index (χ4n) is 8.03. The quantitative estimate of drug-likeness (QED) is 0.469. The van der Waals surface area contributed by atoms with Crippen LogP contribution in [0.15, 0.2) is 35.5 Å². The van der Waals surface area contributed by atoms with Gasteiger partial charge in [0.25, 0.3) is 0 Å². The lowest BCUT2D eigenvalue weighted by atomic mass is 9.61. The fraction of sp³-hybridized carbons (Fsp3) is 0.800. The fourth-order valence-corrected chi connectivity index (χ4v) is 8.03. The van der Waals surface area contributed by atoms with E-state index in [-0.39, 0.29) is 11.3 Å².